The van der Waals surface area contributed by atoms with Crippen molar-refractivity contribution in [3.63, 3.8) is 0 Å². The molecular weight excluding hydrogens is 298 g/mol. The van der Waals surface area contributed by atoms with Gasteiger partial charge in [-0.25, -0.2) is 9.59 Å². The third kappa shape index (κ3) is 4.61. The zero-order valence-electron chi connectivity index (χ0n) is 13.9. The Morgan fingerprint density at radius 2 is 1.83 bits per heavy atom. The number of aryl methyl sites for hydroxylation is 1. The summed E-state index contributed by atoms with van der Waals surface area (Å²) in [6.45, 7) is 7.41. The van der Waals surface area contributed by atoms with Crippen molar-refractivity contribution in [2.75, 3.05) is 6.54 Å². The molecule has 1 N–H and O–H groups in total. The Hall–Kier alpha value is -2.24. The molecule has 23 heavy (non-hydrogen) atoms. The fraction of sp³-hybridized carbons (Fsp3) is 0.529. The van der Waals surface area contributed by atoms with Crippen LogP contribution in [0, 0.1) is 6.92 Å². The zero-order valence-corrected chi connectivity index (χ0v) is 13.9. The van der Waals surface area contributed by atoms with Gasteiger partial charge in [0.15, 0.2) is 0 Å². The molecule has 2 rings (SSSR count). The summed E-state index contributed by atoms with van der Waals surface area (Å²) >= 11 is 0. The van der Waals surface area contributed by atoms with Crippen molar-refractivity contribution < 1.29 is 24.2 Å². The van der Waals surface area contributed by atoms with Gasteiger partial charge < -0.3 is 14.6 Å². The summed E-state index contributed by atoms with van der Waals surface area (Å²) in [5, 5.41) is 9.35. The molecule has 0 saturated carbocycles. The fourth-order valence-corrected chi connectivity index (χ4v) is 2.45. The molecule has 1 heterocycles. The molecule has 0 bridgehead atoms. The smallest absolute Gasteiger partial charge is 0.411 e. The Morgan fingerprint density at radius 1 is 1.22 bits per heavy atom. The van der Waals surface area contributed by atoms with Crippen LogP contribution in [0.1, 0.15) is 32.8 Å². The normalized spacial score (nSPS) is 21.1. The molecule has 1 aromatic rings. The number of benzene rings is 1. The molecule has 6 heteroatoms. The molecule has 1 amide bonds. The topological polar surface area (TPSA) is 76.1 Å². The van der Waals surface area contributed by atoms with Crippen LogP contribution in [0.15, 0.2) is 24.3 Å². The van der Waals surface area contributed by atoms with E-state index in [1.807, 2.05) is 31.2 Å². The Bertz CT molecular complexity index is 576. The highest BCUT2D eigenvalue weighted by Gasteiger charge is 2.42. The van der Waals surface area contributed by atoms with Gasteiger partial charge in [0.1, 0.15) is 23.5 Å². The summed E-state index contributed by atoms with van der Waals surface area (Å²) in [5.41, 5.74) is 0.443. The number of nitrogens with zero attached hydrogens (tertiary/aromatic N) is 1. The van der Waals surface area contributed by atoms with Crippen LogP contribution in [-0.4, -0.2) is 46.4 Å². The molecule has 1 aliphatic heterocycles. The van der Waals surface area contributed by atoms with E-state index < -0.39 is 23.7 Å². The lowest BCUT2D eigenvalue weighted by Crippen LogP contribution is -2.43. The lowest BCUT2D eigenvalue weighted by molar-refractivity contribution is -0.142. The number of likely N-dealkylation sites (tertiary alicyclic amines) is 1. The van der Waals surface area contributed by atoms with E-state index >= 15 is 0 Å². The van der Waals surface area contributed by atoms with Crippen molar-refractivity contribution in [2.45, 2.75) is 51.9 Å². The summed E-state index contributed by atoms with van der Waals surface area (Å²) in [6, 6.07) is 6.58. The van der Waals surface area contributed by atoms with Gasteiger partial charge in [-0.05, 0) is 39.8 Å². The molecule has 126 valence electrons. The Kier molecular flexibility index (Phi) is 4.82. The van der Waals surface area contributed by atoms with E-state index in [-0.39, 0.29) is 19.1 Å². The van der Waals surface area contributed by atoms with Crippen molar-refractivity contribution in [1.82, 2.24) is 4.90 Å². The summed E-state index contributed by atoms with van der Waals surface area (Å²) in [4.78, 5) is 24.9. The Labute approximate surface area is 136 Å². The van der Waals surface area contributed by atoms with Crippen LogP contribution < -0.4 is 4.74 Å². The van der Waals surface area contributed by atoms with E-state index in [0.29, 0.717) is 5.75 Å². The minimum absolute atomic E-state index is 0.194. The summed E-state index contributed by atoms with van der Waals surface area (Å²) < 4.78 is 11.1. The summed E-state index contributed by atoms with van der Waals surface area (Å²) in [5.74, 6) is -0.387. The maximum absolute atomic E-state index is 12.2. The van der Waals surface area contributed by atoms with Crippen molar-refractivity contribution in [2.24, 2.45) is 0 Å². The highest BCUT2D eigenvalue weighted by molar-refractivity contribution is 5.81. The van der Waals surface area contributed by atoms with Gasteiger partial charge in [0, 0.05) is 6.42 Å². The van der Waals surface area contributed by atoms with Crippen LogP contribution in [0.5, 0.6) is 5.75 Å². The minimum Gasteiger partial charge on any atom is -0.488 e. The van der Waals surface area contributed by atoms with E-state index in [4.69, 9.17) is 9.47 Å². The molecule has 0 spiro atoms. The second kappa shape index (κ2) is 6.48. The number of hydrogen-bond donors (Lipinski definition) is 1. The Morgan fingerprint density at radius 3 is 2.35 bits per heavy atom. The second-order valence-corrected chi connectivity index (χ2v) is 6.78. The number of rotatable bonds is 3. The number of carboxylic acids is 1. The molecule has 2 unspecified atom stereocenters. The number of ether oxygens (including phenoxy) is 2. The number of carbonyl (C=O) groups is 2. The standard InChI is InChI=1S/C17H23NO5/c1-11-5-7-12(8-6-11)22-13-9-14(15(19)20)18(10-13)16(21)23-17(2,3)4/h5-8,13-14H,9-10H2,1-4H3,(H,19,20). The molecule has 0 radical (unpaired) electrons. The monoisotopic (exact) mass is 321 g/mol. The molecular formula is C17H23NO5. The van der Waals surface area contributed by atoms with Gasteiger partial charge >= 0.3 is 12.1 Å². The average Bonchev–Trinajstić information content (AvgIpc) is 2.84. The number of hydrogen-bond acceptors (Lipinski definition) is 4. The van der Waals surface area contributed by atoms with Crippen LogP contribution in [0.3, 0.4) is 0 Å². The number of amides is 1. The van der Waals surface area contributed by atoms with Crippen molar-refractivity contribution in [3.8, 4) is 5.75 Å². The van der Waals surface area contributed by atoms with Crippen LogP contribution in [0.2, 0.25) is 0 Å². The highest BCUT2D eigenvalue weighted by Crippen LogP contribution is 2.25. The van der Waals surface area contributed by atoms with Crippen molar-refractivity contribution in [1.29, 1.82) is 0 Å². The second-order valence-electron chi connectivity index (χ2n) is 6.78. The van der Waals surface area contributed by atoms with E-state index in [0.717, 1.165) is 5.56 Å². The lowest BCUT2D eigenvalue weighted by atomic mass is 10.2. The van der Waals surface area contributed by atoms with Gasteiger partial charge in [0.25, 0.3) is 0 Å². The first-order valence-corrected chi connectivity index (χ1v) is 7.61. The third-order valence-corrected chi connectivity index (χ3v) is 3.50. The quantitative estimate of drug-likeness (QED) is 0.926. The first-order chi connectivity index (χ1) is 10.7. The SMILES string of the molecule is Cc1ccc(OC2CC(C(=O)O)N(C(=O)OC(C)(C)C)C2)cc1. The zero-order chi connectivity index (χ0) is 17.2. The van der Waals surface area contributed by atoms with Crippen LogP contribution in [0.4, 0.5) is 4.79 Å². The average molecular weight is 321 g/mol. The minimum atomic E-state index is -1.05. The van der Waals surface area contributed by atoms with Gasteiger partial charge in [0.2, 0.25) is 0 Å². The first kappa shape index (κ1) is 17.1. The molecule has 1 saturated heterocycles. The van der Waals surface area contributed by atoms with Crippen LogP contribution in [0.25, 0.3) is 0 Å². The number of carbonyl (C=O) groups excluding carboxylic acids is 1. The molecule has 0 aliphatic carbocycles. The van der Waals surface area contributed by atoms with Gasteiger partial charge in [-0.3, -0.25) is 4.90 Å². The molecule has 1 fully saturated rings. The summed E-state index contributed by atoms with van der Waals surface area (Å²) in [6.07, 6.45) is -0.756. The maximum atomic E-state index is 12.2. The van der Waals surface area contributed by atoms with Crippen molar-refractivity contribution >= 4 is 12.1 Å². The van der Waals surface area contributed by atoms with Gasteiger partial charge in [-0.2, -0.15) is 0 Å². The number of aliphatic carboxylic acids is 1. The predicted molar refractivity (Wildman–Crippen MR) is 84.6 cm³/mol. The number of carboxylic acid groups (broad SMARTS) is 1. The largest absolute Gasteiger partial charge is 0.488 e. The van der Waals surface area contributed by atoms with E-state index in [1.54, 1.807) is 20.8 Å². The van der Waals surface area contributed by atoms with Gasteiger partial charge in [-0.15, -0.1) is 0 Å². The van der Waals surface area contributed by atoms with Crippen LogP contribution in [-0.2, 0) is 9.53 Å². The van der Waals surface area contributed by atoms with E-state index in [2.05, 4.69) is 0 Å². The van der Waals surface area contributed by atoms with Gasteiger partial charge in [-0.1, -0.05) is 17.7 Å². The van der Waals surface area contributed by atoms with Crippen LogP contribution >= 0.6 is 0 Å². The highest BCUT2D eigenvalue weighted by atomic mass is 16.6. The summed E-state index contributed by atoms with van der Waals surface area (Å²) in [7, 11) is 0. The predicted octanol–water partition coefficient (Wildman–Crippen LogP) is 2.84. The van der Waals surface area contributed by atoms with E-state index in [1.165, 1.54) is 4.90 Å². The lowest BCUT2D eigenvalue weighted by Gasteiger charge is -2.26. The molecule has 1 aromatic carbocycles. The molecule has 1 aliphatic rings. The first-order valence-electron chi connectivity index (χ1n) is 7.61. The maximum Gasteiger partial charge on any atom is 0.411 e. The molecule has 6 nitrogen and oxygen atoms in total. The third-order valence-electron chi connectivity index (χ3n) is 3.50. The molecule has 2 atom stereocenters. The van der Waals surface area contributed by atoms with Gasteiger partial charge in [0.05, 0.1) is 6.54 Å². The molecule has 0 aromatic heterocycles. The van der Waals surface area contributed by atoms with E-state index in [9.17, 15) is 14.7 Å². The Balaban J connectivity index is 2.06. The van der Waals surface area contributed by atoms with Crippen molar-refractivity contribution in [3.05, 3.63) is 29.8 Å². The fourth-order valence-electron chi connectivity index (χ4n) is 2.45.